The molecule has 4 rings (SSSR count). The van der Waals surface area contributed by atoms with Crippen LogP contribution in [0.3, 0.4) is 0 Å². The van der Waals surface area contributed by atoms with Gasteiger partial charge < -0.3 is 4.57 Å². The van der Waals surface area contributed by atoms with E-state index in [1.165, 1.54) is 12.1 Å². The molecule has 2 aromatic carbocycles. The number of alkyl halides is 3. The minimum atomic E-state index is -4.43. The van der Waals surface area contributed by atoms with E-state index in [0.717, 1.165) is 16.7 Å². The molecule has 3 aromatic rings. The van der Waals surface area contributed by atoms with E-state index in [1.54, 1.807) is 36.3 Å². The van der Waals surface area contributed by atoms with Crippen molar-refractivity contribution in [2.45, 2.75) is 63.5 Å². The zero-order valence-electron chi connectivity index (χ0n) is 19.1. The van der Waals surface area contributed by atoms with Gasteiger partial charge in [0.1, 0.15) is 0 Å². The summed E-state index contributed by atoms with van der Waals surface area (Å²) in [5.41, 5.74) is 3.49. The van der Waals surface area contributed by atoms with E-state index in [0.29, 0.717) is 43.4 Å². The van der Waals surface area contributed by atoms with Crippen molar-refractivity contribution in [2.24, 2.45) is 0 Å². The van der Waals surface area contributed by atoms with E-state index < -0.39 is 27.0 Å². The van der Waals surface area contributed by atoms with Gasteiger partial charge in [-0.1, -0.05) is 31.2 Å². The molecule has 1 heterocycles. The lowest BCUT2D eigenvalue weighted by Crippen LogP contribution is -2.40. The molecule has 2 atom stereocenters. The zero-order valence-corrected chi connectivity index (χ0v) is 20.0. The molecular formula is C25H28F3N3O2S. The smallest absolute Gasteiger partial charge is 0.333 e. The first-order valence-corrected chi connectivity index (χ1v) is 12.9. The quantitative estimate of drug-likeness (QED) is 0.496. The molecule has 0 saturated carbocycles. The molecule has 0 amide bonds. The third-order valence-corrected chi connectivity index (χ3v) is 8.41. The Hall–Kier alpha value is -2.65. The fraction of sp³-hybridized carbons (Fsp3) is 0.400. The van der Waals surface area contributed by atoms with Gasteiger partial charge in [0.05, 0.1) is 17.1 Å². The number of sulfonamides is 1. The summed E-state index contributed by atoms with van der Waals surface area (Å²) in [7, 11) is -3.38. The molecule has 1 aliphatic rings. The molecule has 1 N–H and O–H groups in total. The number of fused-ring (bicyclic) bond motifs is 1. The average Bonchev–Trinajstić information content (AvgIpc) is 3.40. The van der Waals surface area contributed by atoms with E-state index in [1.807, 2.05) is 25.1 Å². The fourth-order valence-electron chi connectivity index (χ4n) is 4.38. The van der Waals surface area contributed by atoms with Crippen molar-refractivity contribution in [3.63, 3.8) is 0 Å². The Balaban J connectivity index is 1.53. The Kier molecular flexibility index (Phi) is 6.87. The first kappa shape index (κ1) is 24.5. The minimum Gasteiger partial charge on any atom is -0.333 e. The average molecular weight is 492 g/mol. The van der Waals surface area contributed by atoms with E-state index in [2.05, 4.69) is 9.71 Å². The predicted molar refractivity (Wildman–Crippen MR) is 125 cm³/mol. The summed E-state index contributed by atoms with van der Waals surface area (Å²) >= 11 is 0. The SMILES string of the molecule is CCC(C)S(=O)(=O)N[C@H]1Cc2ccc(Cc3cc(Cn4ccnc4)cc(C(F)(F)F)c3)cc2C1. The van der Waals surface area contributed by atoms with Crippen LogP contribution in [-0.4, -0.2) is 29.3 Å². The molecule has 0 spiro atoms. The minimum absolute atomic E-state index is 0.195. The number of benzene rings is 2. The van der Waals surface area contributed by atoms with Gasteiger partial charge >= 0.3 is 6.18 Å². The van der Waals surface area contributed by atoms with Crippen LogP contribution in [0.1, 0.15) is 53.6 Å². The molecule has 9 heteroatoms. The highest BCUT2D eigenvalue weighted by Crippen LogP contribution is 2.32. The summed E-state index contributed by atoms with van der Waals surface area (Å²) in [5.74, 6) is 0. The molecule has 182 valence electrons. The second-order valence-corrected chi connectivity index (χ2v) is 11.2. The molecule has 1 aliphatic carbocycles. The molecule has 1 unspecified atom stereocenters. The van der Waals surface area contributed by atoms with Crippen LogP contribution in [0.25, 0.3) is 0 Å². The van der Waals surface area contributed by atoms with E-state index >= 15 is 0 Å². The Morgan fingerprint density at radius 3 is 2.50 bits per heavy atom. The lowest BCUT2D eigenvalue weighted by atomic mass is 9.97. The van der Waals surface area contributed by atoms with E-state index in [-0.39, 0.29) is 6.04 Å². The largest absolute Gasteiger partial charge is 0.416 e. The van der Waals surface area contributed by atoms with Gasteiger partial charge in [-0.2, -0.15) is 13.2 Å². The van der Waals surface area contributed by atoms with Crippen LogP contribution in [0.2, 0.25) is 0 Å². The summed E-state index contributed by atoms with van der Waals surface area (Å²) in [6, 6.07) is 9.85. The van der Waals surface area contributed by atoms with Gasteiger partial charge in [0, 0.05) is 25.0 Å². The number of nitrogens with zero attached hydrogens (tertiary/aromatic N) is 2. The standard InChI is InChI=1S/C25H28F3N3O2S/c1-3-17(2)34(32,33)30-24-13-21-5-4-18(10-22(21)14-24)8-19-9-20(15-31-7-6-29-16-31)12-23(11-19)25(26,27)28/h4-7,9-12,16-17,24,30H,3,8,13-15H2,1-2H3/t17?,24-/m0/s1. The van der Waals surface area contributed by atoms with Crippen molar-refractivity contribution in [1.29, 1.82) is 0 Å². The monoisotopic (exact) mass is 491 g/mol. The number of halogens is 3. The fourth-order valence-corrected chi connectivity index (χ4v) is 5.68. The lowest BCUT2D eigenvalue weighted by Gasteiger charge is -2.16. The van der Waals surface area contributed by atoms with Crippen molar-refractivity contribution < 1.29 is 21.6 Å². The normalized spacial score (nSPS) is 17.0. The predicted octanol–water partition coefficient (Wildman–Crippen LogP) is 4.73. The Labute approximate surface area is 198 Å². The Morgan fingerprint density at radius 1 is 1.09 bits per heavy atom. The first-order valence-electron chi connectivity index (χ1n) is 11.3. The molecular weight excluding hydrogens is 463 g/mol. The van der Waals surface area contributed by atoms with Crippen LogP contribution in [0.4, 0.5) is 13.2 Å². The van der Waals surface area contributed by atoms with Gasteiger partial charge in [0.15, 0.2) is 0 Å². The highest BCUT2D eigenvalue weighted by Gasteiger charge is 2.31. The molecule has 5 nitrogen and oxygen atoms in total. The van der Waals surface area contributed by atoms with Crippen LogP contribution in [0.5, 0.6) is 0 Å². The van der Waals surface area contributed by atoms with Gasteiger partial charge in [0.25, 0.3) is 0 Å². The van der Waals surface area contributed by atoms with Crippen LogP contribution in [0, 0.1) is 0 Å². The number of imidazole rings is 1. The van der Waals surface area contributed by atoms with Crippen molar-refractivity contribution in [3.05, 3.63) is 88.5 Å². The van der Waals surface area contributed by atoms with Crippen molar-refractivity contribution in [3.8, 4) is 0 Å². The molecule has 0 fully saturated rings. The second-order valence-electron chi connectivity index (χ2n) is 9.04. The van der Waals surface area contributed by atoms with Crippen LogP contribution in [0.15, 0.2) is 55.1 Å². The first-order chi connectivity index (χ1) is 16.0. The number of nitrogens with one attached hydrogen (secondary N) is 1. The lowest BCUT2D eigenvalue weighted by molar-refractivity contribution is -0.137. The summed E-state index contributed by atoms with van der Waals surface area (Å²) in [5, 5.41) is -0.454. The maximum atomic E-state index is 13.5. The molecule has 0 saturated heterocycles. The van der Waals surface area contributed by atoms with Gasteiger partial charge in [-0.25, -0.2) is 18.1 Å². The van der Waals surface area contributed by atoms with Crippen LogP contribution >= 0.6 is 0 Å². The summed E-state index contributed by atoms with van der Waals surface area (Å²) in [4.78, 5) is 3.95. The topological polar surface area (TPSA) is 64.0 Å². The third kappa shape index (κ3) is 5.70. The van der Waals surface area contributed by atoms with Gasteiger partial charge in [0.2, 0.25) is 10.0 Å². The zero-order chi connectivity index (χ0) is 24.5. The highest BCUT2D eigenvalue weighted by atomic mass is 32.2. The van der Waals surface area contributed by atoms with Gasteiger partial charge in [-0.05, 0) is 72.6 Å². The van der Waals surface area contributed by atoms with Crippen molar-refractivity contribution >= 4 is 10.0 Å². The third-order valence-electron chi connectivity index (χ3n) is 6.35. The Morgan fingerprint density at radius 2 is 1.82 bits per heavy atom. The summed E-state index contributed by atoms with van der Waals surface area (Å²) in [6.07, 6.45) is 2.54. The molecule has 0 aliphatic heterocycles. The second kappa shape index (κ2) is 9.54. The van der Waals surface area contributed by atoms with Crippen LogP contribution in [-0.2, 0) is 42.0 Å². The van der Waals surface area contributed by atoms with Crippen LogP contribution < -0.4 is 4.72 Å². The van der Waals surface area contributed by atoms with Gasteiger partial charge in [-0.15, -0.1) is 0 Å². The molecule has 34 heavy (non-hydrogen) atoms. The maximum absolute atomic E-state index is 13.5. The molecule has 0 radical (unpaired) electrons. The van der Waals surface area contributed by atoms with E-state index in [4.69, 9.17) is 0 Å². The van der Waals surface area contributed by atoms with Crippen molar-refractivity contribution in [1.82, 2.24) is 14.3 Å². The highest BCUT2D eigenvalue weighted by molar-refractivity contribution is 7.90. The van der Waals surface area contributed by atoms with Gasteiger partial charge in [-0.3, -0.25) is 0 Å². The maximum Gasteiger partial charge on any atom is 0.416 e. The number of hydrogen-bond acceptors (Lipinski definition) is 3. The molecule has 1 aromatic heterocycles. The van der Waals surface area contributed by atoms with Crippen molar-refractivity contribution in [2.75, 3.05) is 0 Å². The summed E-state index contributed by atoms with van der Waals surface area (Å²) < 4.78 is 70.0. The number of rotatable bonds is 8. The van der Waals surface area contributed by atoms with E-state index in [9.17, 15) is 21.6 Å². The number of hydrogen-bond donors (Lipinski definition) is 1. The Bertz CT molecular complexity index is 1250. The molecule has 0 bridgehead atoms. The summed E-state index contributed by atoms with van der Waals surface area (Å²) in [6.45, 7) is 3.84. The number of aromatic nitrogens is 2.